The first-order valence-electron chi connectivity index (χ1n) is 8.65. The third-order valence-electron chi connectivity index (χ3n) is 3.88. The van der Waals surface area contributed by atoms with Gasteiger partial charge in [-0.15, -0.1) is 11.3 Å². The number of nitrogens with one attached hydrogen (secondary N) is 2. The van der Waals surface area contributed by atoms with Gasteiger partial charge < -0.3 is 15.4 Å². The molecule has 0 aliphatic carbocycles. The number of aliphatic imine (C=N–C) groups is 1. The quantitative estimate of drug-likeness (QED) is 0.561. The van der Waals surface area contributed by atoms with Gasteiger partial charge in [-0.3, -0.25) is 4.99 Å². The van der Waals surface area contributed by atoms with Crippen LogP contribution in [0.15, 0.2) is 29.3 Å². The van der Waals surface area contributed by atoms with E-state index in [1.54, 1.807) is 18.4 Å². The molecular weight excluding hydrogens is 332 g/mol. The Morgan fingerprint density at radius 2 is 1.88 bits per heavy atom. The molecule has 0 unspecified atom stereocenters. The molecule has 0 aliphatic rings. The molecule has 0 bridgehead atoms. The Morgan fingerprint density at radius 1 is 1.16 bits per heavy atom. The van der Waals surface area contributed by atoms with Crippen LogP contribution in [0, 0.1) is 13.8 Å². The van der Waals surface area contributed by atoms with Crippen molar-refractivity contribution in [3.8, 4) is 0 Å². The zero-order chi connectivity index (χ0) is 18.1. The molecule has 1 aromatic heterocycles. The van der Waals surface area contributed by atoms with E-state index in [9.17, 15) is 0 Å². The van der Waals surface area contributed by atoms with E-state index in [0.717, 1.165) is 37.8 Å². The number of hydrogen-bond acceptors (Lipinski definition) is 4. The number of aryl methyl sites for hydroxylation is 2. The van der Waals surface area contributed by atoms with Crippen molar-refractivity contribution in [3.05, 3.63) is 51.0 Å². The summed E-state index contributed by atoms with van der Waals surface area (Å²) >= 11 is 1.77. The zero-order valence-electron chi connectivity index (χ0n) is 15.6. The van der Waals surface area contributed by atoms with Crippen LogP contribution >= 0.6 is 11.3 Å². The van der Waals surface area contributed by atoms with Crippen LogP contribution in [-0.4, -0.2) is 31.1 Å². The molecule has 0 radical (unpaired) electrons. The Balaban J connectivity index is 1.74. The second kappa shape index (κ2) is 10.2. The maximum atomic E-state index is 5.42. The minimum atomic E-state index is 0.670. The molecule has 136 valence electrons. The summed E-state index contributed by atoms with van der Waals surface area (Å²) in [6.07, 6.45) is 0.909. The molecule has 2 N–H and O–H groups in total. The zero-order valence-corrected chi connectivity index (χ0v) is 16.4. The van der Waals surface area contributed by atoms with Gasteiger partial charge in [0.2, 0.25) is 0 Å². The average molecular weight is 361 g/mol. The van der Waals surface area contributed by atoms with Gasteiger partial charge in [-0.25, -0.2) is 4.98 Å². The fourth-order valence-electron chi connectivity index (χ4n) is 2.31. The van der Waals surface area contributed by atoms with Crippen molar-refractivity contribution in [2.75, 3.05) is 20.2 Å². The molecule has 0 amide bonds. The number of nitrogens with zero attached hydrogens (tertiary/aromatic N) is 2. The molecule has 25 heavy (non-hydrogen) atoms. The summed E-state index contributed by atoms with van der Waals surface area (Å²) in [5, 5.41) is 7.85. The number of aromatic nitrogens is 1. The van der Waals surface area contributed by atoms with E-state index in [-0.39, 0.29) is 0 Å². The highest BCUT2D eigenvalue weighted by molar-refractivity contribution is 7.11. The lowest BCUT2D eigenvalue weighted by Gasteiger charge is -2.12. The minimum Gasteiger partial charge on any atom is -0.377 e. The lowest BCUT2D eigenvalue weighted by molar-refractivity contribution is 0.134. The summed E-state index contributed by atoms with van der Waals surface area (Å²) in [5.41, 5.74) is 3.55. The summed E-state index contributed by atoms with van der Waals surface area (Å²) < 4.78 is 5.42. The number of guanidine groups is 1. The van der Waals surface area contributed by atoms with Crippen molar-refractivity contribution in [1.82, 2.24) is 15.6 Å². The van der Waals surface area contributed by atoms with E-state index in [2.05, 4.69) is 58.7 Å². The van der Waals surface area contributed by atoms with Crippen LogP contribution in [0.3, 0.4) is 0 Å². The third-order valence-corrected chi connectivity index (χ3v) is 5.02. The number of rotatable bonds is 8. The summed E-state index contributed by atoms with van der Waals surface area (Å²) in [6, 6.07) is 8.46. The molecule has 1 heterocycles. The predicted octanol–water partition coefficient (Wildman–Crippen LogP) is 3.20. The first-order chi connectivity index (χ1) is 12.1. The maximum Gasteiger partial charge on any atom is 0.191 e. The van der Waals surface area contributed by atoms with Gasteiger partial charge in [-0.05, 0) is 31.9 Å². The van der Waals surface area contributed by atoms with E-state index in [1.807, 2.05) is 6.92 Å². The minimum absolute atomic E-state index is 0.670. The van der Waals surface area contributed by atoms with Gasteiger partial charge in [0, 0.05) is 38.0 Å². The van der Waals surface area contributed by atoms with Crippen molar-refractivity contribution < 1.29 is 4.74 Å². The van der Waals surface area contributed by atoms with Crippen molar-refractivity contribution in [2.45, 2.75) is 40.3 Å². The first kappa shape index (κ1) is 19.4. The molecule has 6 heteroatoms. The molecule has 1 aromatic carbocycles. The summed E-state index contributed by atoms with van der Waals surface area (Å²) in [7, 11) is 1.79. The van der Waals surface area contributed by atoms with Gasteiger partial charge in [-0.2, -0.15) is 0 Å². The van der Waals surface area contributed by atoms with Crippen LogP contribution in [0.2, 0.25) is 0 Å². The van der Waals surface area contributed by atoms with Crippen LogP contribution in [0.5, 0.6) is 0 Å². The van der Waals surface area contributed by atoms with Gasteiger partial charge in [0.15, 0.2) is 5.96 Å². The van der Waals surface area contributed by atoms with Crippen molar-refractivity contribution >= 4 is 17.3 Å². The summed E-state index contributed by atoms with van der Waals surface area (Å²) in [4.78, 5) is 10.1. The van der Waals surface area contributed by atoms with Crippen LogP contribution in [-0.2, 0) is 24.3 Å². The van der Waals surface area contributed by atoms with Crippen molar-refractivity contribution in [3.63, 3.8) is 0 Å². The smallest absolute Gasteiger partial charge is 0.191 e. The molecular formula is C19H28N4OS. The van der Waals surface area contributed by atoms with Gasteiger partial charge in [0.25, 0.3) is 0 Å². The van der Waals surface area contributed by atoms with E-state index in [4.69, 9.17) is 4.74 Å². The molecule has 2 rings (SSSR count). The SMILES string of the molecule is CCOCc1ccc(CNC(=NC)NCCc2nc(C)c(C)s2)cc1. The number of hydrogen-bond donors (Lipinski definition) is 2. The molecule has 0 spiro atoms. The standard InChI is InChI=1S/C19H28N4OS/c1-5-24-13-17-8-6-16(7-9-17)12-22-19(20-4)21-11-10-18-23-14(2)15(3)25-18/h6-9H,5,10-13H2,1-4H3,(H2,20,21,22). The highest BCUT2D eigenvalue weighted by atomic mass is 32.1. The van der Waals surface area contributed by atoms with Gasteiger partial charge in [0.1, 0.15) is 0 Å². The van der Waals surface area contributed by atoms with E-state index < -0.39 is 0 Å². The molecule has 0 aliphatic heterocycles. The van der Waals surface area contributed by atoms with Gasteiger partial charge in [-0.1, -0.05) is 24.3 Å². The van der Waals surface area contributed by atoms with Crippen LogP contribution in [0.1, 0.15) is 33.6 Å². The lowest BCUT2D eigenvalue weighted by Crippen LogP contribution is -2.37. The van der Waals surface area contributed by atoms with Crippen LogP contribution < -0.4 is 10.6 Å². The Bertz CT molecular complexity index is 660. The predicted molar refractivity (Wildman–Crippen MR) is 105 cm³/mol. The monoisotopic (exact) mass is 360 g/mol. The average Bonchev–Trinajstić information content (AvgIpc) is 2.94. The fourth-order valence-corrected chi connectivity index (χ4v) is 3.25. The van der Waals surface area contributed by atoms with Crippen molar-refractivity contribution in [2.24, 2.45) is 4.99 Å². The van der Waals surface area contributed by atoms with Crippen LogP contribution in [0.4, 0.5) is 0 Å². The molecule has 0 fully saturated rings. The Labute approximate surface area is 154 Å². The van der Waals surface area contributed by atoms with Crippen LogP contribution in [0.25, 0.3) is 0 Å². The highest BCUT2D eigenvalue weighted by Crippen LogP contribution is 2.16. The molecule has 0 saturated heterocycles. The van der Waals surface area contributed by atoms with E-state index in [0.29, 0.717) is 6.61 Å². The van der Waals surface area contributed by atoms with Gasteiger partial charge in [0.05, 0.1) is 17.3 Å². The van der Waals surface area contributed by atoms with E-state index in [1.165, 1.54) is 21.0 Å². The molecule has 2 aromatic rings. The third kappa shape index (κ3) is 6.48. The largest absolute Gasteiger partial charge is 0.377 e. The number of ether oxygens (including phenoxy) is 1. The number of thiazole rings is 1. The van der Waals surface area contributed by atoms with Gasteiger partial charge >= 0.3 is 0 Å². The maximum absolute atomic E-state index is 5.42. The second-order valence-corrected chi connectivity index (χ2v) is 7.09. The normalized spacial score (nSPS) is 11.6. The second-order valence-electron chi connectivity index (χ2n) is 5.81. The Hall–Kier alpha value is -1.92. The molecule has 5 nitrogen and oxygen atoms in total. The molecule has 0 saturated carbocycles. The topological polar surface area (TPSA) is 58.5 Å². The van der Waals surface area contributed by atoms with E-state index >= 15 is 0 Å². The lowest BCUT2D eigenvalue weighted by atomic mass is 10.1. The Morgan fingerprint density at radius 3 is 2.48 bits per heavy atom. The van der Waals surface area contributed by atoms with Crippen molar-refractivity contribution in [1.29, 1.82) is 0 Å². The number of benzene rings is 1. The first-order valence-corrected chi connectivity index (χ1v) is 9.47. The fraction of sp³-hybridized carbons (Fsp3) is 0.474. The Kier molecular flexibility index (Phi) is 7.88. The summed E-state index contributed by atoms with van der Waals surface area (Å²) in [6.45, 7) is 9.15. The summed E-state index contributed by atoms with van der Waals surface area (Å²) in [5.74, 6) is 0.809. The molecule has 0 atom stereocenters. The highest BCUT2D eigenvalue weighted by Gasteiger charge is 2.04.